The molecule has 8 nitrogen and oxygen atoms in total. The Morgan fingerprint density at radius 1 is 0.914 bits per heavy atom. The second-order valence-corrected chi connectivity index (χ2v) is 7.82. The van der Waals surface area contributed by atoms with Crippen LogP contribution in [-0.4, -0.2) is 32.1 Å². The fourth-order valence-corrected chi connectivity index (χ4v) is 4.04. The second-order valence-electron chi connectivity index (χ2n) is 7.82. The van der Waals surface area contributed by atoms with Gasteiger partial charge in [0.15, 0.2) is 0 Å². The molecule has 0 saturated carbocycles. The molecule has 0 spiro atoms. The summed E-state index contributed by atoms with van der Waals surface area (Å²) in [4.78, 5) is 40.2. The number of hydrogen-bond donors (Lipinski definition) is 2. The van der Waals surface area contributed by atoms with E-state index in [1.54, 1.807) is 61.5 Å². The Balaban J connectivity index is 1.79. The maximum atomic E-state index is 13.7. The van der Waals surface area contributed by atoms with Crippen molar-refractivity contribution >= 4 is 29.3 Å². The fourth-order valence-electron chi connectivity index (χ4n) is 4.04. The summed E-state index contributed by atoms with van der Waals surface area (Å²) in [6.45, 7) is 1.73. The summed E-state index contributed by atoms with van der Waals surface area (Å²) in [5, 5.41) is 5.85. The van der Waals surface area contributed by atoms with E-state index in [0.29, 0.717) is 39.5 Å². The number of para-hydroxylation sites is 3. The monoisotopic (exact) mass is 471 g/mol. The lowest BCUT2D eigenvalue weighted by Gasteiger charge is -2.36. The van der Waals surface area contributed by atoms with Gasteiger partial charge in [0.2, 0.25) is 0 Å². The third-order valence-electron chi connectivity index (χ3n) is 5.76. The Morgan fingerprint density at radius 2 is 1.57 bits per heavy atom. The Morgan fingerprint density at radius 3 is 2.23 bits per heavy atom. The van der Waals surface area contributed by atoms with Crippen molar-refractivity contribution < 1.29 is 23.9 Å². The molecule has 1 aliphatic rings. The summed E-state index contributed by atoms with van der Waals surface area (Å²) in [5.74, 6) is -0.354. The number of nitrogens with zero attached hydrogens (tertiary/aromatic N) is 1. The molecule has 3 aromatic rings. The van der Waals surface area contributed by atoms with E-state index in [1.807, 2.05) is 24.3 Å². The number of amides is 3. The lowest BCUT2D eigenvalue weighted by Crippen LogP contribution is -2.48. The first-order valence-electron chi connectivity index (χ1n) is 10.9. The van der Waals surface area contributed by atoms with Crippen molar-refractivity contribution in [3.05, 3.63) is 101 Å². The molecule has 0 aromatic heterocycles. The number of nitrogens with one attached hydrogen (secondary N) is 2. The van der Waals surface area contributed by atoms with Crippen LogP contribution in [0, 0.1) is 0 Å². The lowest BCUT2D eigenvalue weighted by atomic mass is 9.93. The molecule has 3 amide bonds. The normalized spacial score (nSPS) is 15.3. The minimum Gasteiger partial charge on any atom is -0.495 e. The minimum atomic E-state index is -0.746. The van der Waals surface area contributed by atoms with Gasteiger partial charge in [0, 0.05) is 5.70 Å². The van der Waals surface area contributed by atoms with Gasteiger partial charge in [-0.2, -0.15) is 0 Å². The number of hydrogen-bond acceptors (Lipinski definition) is 5. The van der Waals surface area contributed by atoms with Crippen molar-refractivity contribution in [3.63, 3.8) is 0 Å². The molecule has 0 fully saturated rings. The van der Waals surface area contributed by atoms with Crippen LogP contribution in [0.4, 0.5) is 16.2 Å². The molecule has 0 aliphatic carbocycles. The van der Waals surface area contributed by atoms with Crippen molar-refractivity contribution in [2.24, 2.45) is 0 Å². The molecule has 4 rings (SSSR count). The van der Waals surface area contributed by atoms with Gasteiger partial charge >= 0.3 is 12.0 Å². The van der Waals surface area contributed by atoms with Gasteiger partial charge in [-0.05, 0) is 48.9 Å². The van der Waals surface area contributed by atoms with Crippen LogP contribution in [0.15, 0.2) is 90.1 Å². The first-order valence-corrected chi connectivity index (χ1v) is 10.9. The number of ether oxygens (including phenoxy) is 2. The van der Waals surface area contributed by atoms with Gasteiger partial charge < -0.3 is 20.1 Å². The van der Waals surface area contributed by atoms with Crippen molar-refractivity contribution in [1.82, 2.24) is 5.32 Å². The molecule has 3 aromatic carbocycles. The summed E-state index contributed by atoms with van der Waals surface area (Å²) in [6.07, 6.45) is 0. The highest BCUT2D eigenvalue weighted by Gasteiger charge is 2.36. The summed E-state index contributed by atoms with van der Waals surface area (Å²) >= 11 is 0. The number of anilines is 2. The van der Waals surface area contributed by atoms with E-state index < -0.39 is 17.9 Å². The maximum absolute atomic E-state index is 13.7. The molecule has 8 heteroatoms. The topological polar surface area (TPSA) is 97.0 Å². The van der Waals surface area contributed by atoms with E-state index in [-0.39, 0.29) is 6.03 Å². The van der Waals surface area contributed by atoms with E-state index in [1.165, 1.54) is 19.1 Å². The van der Waals surface area contributed by atoms with Gasteiger partial charge in [-0.15, -0.1) is 0 Å². The van der Waals surface area contributed by atoms with Crippen LogP contribution in [0.25, 0.3) is 0 Å². The number of carbonyl (C=O) groups excluding carboxylic acids is 3. The van der Waals surface area contributed by atoms with E-state index >= 15 is 0 Å². The second kappa shape index (κ2) is 10.1. The van der Waals surface area contributed by atoms with Gasteiger partial charge in [-0.1, -0.05) is 42.5 Å². The standard InChI is InChI=1S/C27H25N3O5/c1-17-23(25(31)28-21-11-7-8-12-22(21)34-2)24(18-13-15-19(16-14-18)26(32)35-3)29-27(33)30(17)20-9-5-4-6-10-20/h4-16,24H,1-3H3,(H,28,31)(H,29,33)/t24-/m0/s1. The van der Waals surface area contributed by atoms with Crippen molar-refractivity contribution in [3.8, 4) is 5.75 Å². The number of methoxy groups -OCH3 is 2. The molecule has 0 bridgehead atoms. The Bertz CT molecular complexity index is 1290. The number of allylic oxidation sites excluding steroid dienone is 1. The first-order chi connectivity index (χ1) is 16.9. The fraction of sp³-hybridized carbons (Fsp3) is 0.148. The Kier molecular flexibility index (Phi) is 6.82. The number of carbonyl (C=O) groups is 3. The highest BCUT2D eigenvalue weighted by molar-refractivity contribution is 6.10. The quantitative estimate of drug-likeness (QED) is 0.510. The summed E-state index contributed by atoms with van der Waals surface area (Å²) in [7, 11) is 2.83. The van der Waals surface area contributed by atoms with Crippen LogP contribution in [-0.2, 0) is 9.53 Å². The first kappa shape index (κ1) is 23.6. The van der Waals surface area contributed by atoms with Crippen molar-refractivity contribution in [1.29, 1.82) is 0 Å². The van der Waals surface area contributed by atoms with Crippen LogP contribution < -0.4 is 20.3 Å². The molecule has 2 N–H and O–H groups in total. The number of urea groups is 1. The van der Waals surface area contributed by atoms with Crippen LogP contribution >= 0.6 is 0 Å². The number of benzene rings is 3. The molecule has 1 aliphatic heterocycles. The molecular weight excluding hydrogens is 446 g/mol. The molecular formula is C27H25N3O5. The summed E-state index contributed by atoms with van der Waals surface area (Å²) in [5.41, 5.74) is 2.97. The van der Waals surface area contributed by atoms with Crippen molar-refractivity contribution in [2.75, 3.05) is 24.4 Å². The molecule has 1 atom stereocenters. The van der Waals surface area contributed by atoms with Gasteiger partial charge in [0.1, 0.15) is 5.75 Å². The van der Waals surface area contributed by atoms with Crippen molar-refractivity contribution in [2.45, 2.75) is 13.0 Å². The highest BCUT2D eigenvalue weighted by Crippen LogP contribution is 2.35. The van der Waals surface area contributed by atoms with Gasteiger partial charge in [-0.3, -0.25) is 9.69 Å². The van der Waals surface area contributed by atoms with Gasteiger partial charge in [-0.25, -0.2) is 9.59 Å². The highest BCUT2D eigenvalue weighted by atomic mass is 16.5. The summed E-state index contributed by atoms with van der Waals surface area (Å²) < 4.78 is 10.1. The smallest absolute Gasteiger partial charge is 0.337 e. The SMILES string of the molecule is COC(=O)c1ccc([C@@H]2NC(=O)N(c3ccccc3)C(C)=C2C(=O)Nc2ccccc2OC)cc1. The predicted molar refractivity (Wildman–Crippen MR) is 132 cm³/mol. The van der Waals surface area contributed by atoms with E-state index in [4.69, 9.17) is 9.47 Å². The van der Waals surface area contributed by atoms with Crippen LogP contribution in [0.5, 0.6) is 5.75 Å². The minimum absolute atomic E-state index is 0.352. The third kappa shape index (κ3) is 4.72. The number of esters is 1. The van der Waals surface area contributed by atoms with Crippen LogP contribution in [0.1, 0.15) is 28.9 Å². The zero-order chi connectivity index (χ0) is 24.9. The summed E-state index contributed by atoms with van der Waals surface area (Å²) in [6, 6.07) is 21.6. The van der Waals surface area contributed by atoms with Gasteiger partial charge in [0.05, 0.1) is 42.8 Å². The largest absolute Gasteiger partial charge is 0.495 e. The average molecular weight is 472 g/mol. The molecule has 0 unspecified atom stereocenters. The molecule has 1 heterocycles. The molecule has 35 heavy (non-hydrogen) atoms. The zero-order valence-corrected chi connectivity index (χ0v) is 19.6. The molecule has 0 radical (unpaired) electrons. The van der Waals surface area contributed by atoms with E-state index in [2.05, 4.69) is 10.6 Å². The molecule has 178 valence electrons. The lowest BCUT2D eigenvalue weighted by molar-refractivity contribution is -0.113. The molecule has 0 saturated heterocycles. The van der Waals surface area contributed by atoms with E-state index in [9.17, 15) is 14.4 Å². The maximum Gasteiger partial charge on any atom is 0.337 e. The van der Waals surface area contributed by atoms with Crippen LogP contribution in [0.2, 0.25) is 0 Å². The Labute approximate surface area is 203 Å². The zero-order valence-electron chi connectivity index (χ0n) is 19.6. The average Bonchev–Trinajstić information content (AvgIpc) is 2.88. The van der Waals surface area contributed by atoms with Crippen LogP contribution in [0.3, 0.4) is 0 Å². The van der Waals surface area contributed by atoms with E-state index in [0.717, 1.165) is 0 Å². The van der Waals surface area contributed by atoms with Gasteiger partial charge in [0.25, 0.3) is 5.91 Å². The third-order valence-corrected chi connectivity index (χ3v) is 5.76. The Hall–Kier alpha value is -4.59. The predicted octanol–water partition coefficient (Wildman–Crippen LogP) is 4.67. The number of rotatable bonds is 6.